The minimum absolute atomic E-state index is 0.168. The average Bonchev–Trinajstić information content (AvgIpc) is 3.38. The number of aliphatic hydroxyl groups excluding tert-OH is 1. The highest BCUT2D eigenvalue weighted by Gasteiger charge is 2.35. The lowest BCUT2D eigenvalue weighted by atomic mass is 10.2. The summed E-state index contributed by atoms with van der Waals surface area (Å²) < 4.78 is 5.47. The van der Waals surface area contributed by atoms with E-state index in [0.717, 1.165) is 25.7 Å². The average molecular weight is 360 g/mol. The maximum atomic E-state index is 10.3. The molecule has 3 atom stereocenters. The largest absolute Gasteiger partial charge is 0.481 e. The molecule has 3 unspecified atom stereocenters. The van der Waals surface area contributed by atoms with Crippen LogP contribution in [0.25, 0.3) is 0 Å². The Labute approximate surface area is 157 Å². The number of allylic oxidation sites excluding steroid dienone is 7. The second-order valence-corrected chi connectivity index (χ2v) is 6.29. The third kappa shape index (κ3) is 12.5. The van der Waals surface area contributed by atoms with E-state index in [1.54, 1.807) is 6.08 Å². The van der Waals surface area contributed by atoms with Crippen molar-refractivity contribution < 1.29 is 19.7 Å². The molecule has 1 aliphatic rings. The zero-order valence-electron chi connectivity index (χ0n) is 15.7. The third-order valence-electron chi connectivity index (χ3n) is 3.99. The van der Waals surface area contributed by atoms with E-state index in [2.05, 4.69) is 25.2 Å². The summed E-state index contributed by atoms with van der Waals surface area (Å²) in [6.07, 6.45) is 25.2. The monoisotopic (exact) mass is 360 g/mol. The molecule has 0 saturated carbocycles. The Balaban J connectivity index is 2.01. The molecule has 0 aromatic carbocycles. The number of epoxide rings is 1. The van der Waals surface area contributed by atoms with Gasteiger partial charge in [0.15, 0.2) is 0 Å². The number of rotatable bonds is 14. The molecule has 1 rings (SSSR count). The van der Waals surface area contributed by atoms with Crippen LogP contribution in [0.1, 0.15) is 51.9 Å². The summed E-state index contributed by atoms with van der Waals surface area (Å²) in [6.45, 7) is 2.15. The number of aliphatic hydroxyl groups is 1. The van der Waals surface area contributed by atoms with E-state index in [9.17, 15) is 9.90 Å². The molecule has 1 heterocycles. The molecule has 0 spiro atoms. The Morgan fingerprint density at radius 3 is 2.46 bits per heavy atom. The highest BCUT2D eigenvalue weighted by molar-refractivity contribution is 5.66. The predicted molar refractivity (Wildman–Crippen MR) is 106 cm³/mol. The topological polar surface area (TPSA) is 70.1 Å². The first kappa shape index (κ1) is 22.1. The van der Waals surface area contributed by atoms with Gasteiger partial charge in [-0.2, -0.15) is 0 Å². The van der Waals surface area contributed by atoms with Crippen LogP contribution in [0.4, 0.5) is 0 Å². The second-order valence-electron chi connectivity index (χ2n) is 6.29. The summed E-state index contributed by atoms with van der Waals surface area (Å²) in [5.74, 6) is -0.775. The van der Waals surface area contributed by atoms with Crippen LogP contribution >= 0.6 is 0 Å². The fourth-order valence-corrected chi connectivity index (χ4v) is 2.41. The quantitative estimate of drug-likeness (QED) is 0.267. The van der Waals surface area contributed by atoms with E-state index in [-0.39, 0.29) is 6.42 Å². The van der Waals surface area contributed by atoms with Crippen LogP contribution in [0.2, 0.25) is 0 Å². The van der Waals surface area contributed by atoms with Crippen LogP contribution in [0.5, 0.6) is 0 Å². The van der Waals surface area contributed by atoms with Gasteiger partial charge in [0.1, 0.15) is 0 Å². The van der Waals surface area contributed by atoms with Crippen molar-refractivity contribution in [1.82, 2.24) is 0 Å². The van der Waals surface area contributed by atoms with Gasteiger partial charge in [-0.1, -0.05) is 67.7 Å². The Kier molecular flexibility index (Phi) is 12.2. The first-order valence-corrected chi connectivity index (χ1v) is 9.47. The van der Waals surface area contributed by atoms with Crippen LogP contribution in [0.15, 0.2) is 60.8 Å². The molecule has 1 saturated heterocycles. The van der Waals surface area contributed by atoms with Crippen molar-refractivity contribution in [3.05, 3.63) is 60.8 Å². The summed E-state index contributed by atoms with van der Waals surface area (Å²) >= 11 is 0. The minimum Gasteiger partial charge on any atom is -0.481 e. The van der Waals surface area contributed by atoms with Crippen molar-refractivity contribution in [2.45, 2.75) is 70.2 Å². The van der Waals surface area contributed by atoms with Crippen molar-refractivity contribution in [3.63, 3.8) is 0 Å². The fraction of sp³-hybridized carbons (Fsp3) is 0.500. The zero-order valence-corrected chi connectivity index (χ0v) is 15.7. The summed E-state index contributed by atoms with van der Waals surface area (Å²) in [6, 6.07) is 0. The molecule has 0 radical (unpaired) electrons. The van der Waals surface area contributed by atoms with Gasteiger partial charge in [0.05, 0.1) is 18.3 Å². The van der Waals surface area contributed by atoms with Crippen LogP contribution in [-0.2, 0) is 9.53 Å². The molecular formula is C22H32O4. The van der Waals surface area contributed by atoms with Gasteiger partial charge in [-0.3, -0.25) is 4.79 Å². The molecule has 26 heavy (non-hydrogen) atoms. The van der Waals surface area contributed by atoms with Gasteiger partial charge in [0.2, 0.25) is 0 Å². The maximum absolute atomic E-state index is 10.3. The van der Waals surface area contributed by atoms with Crippen molar-refractivity contribution >= 4 is 5.97 Å². The van der Waals surface area contributed by atoms with Crippen LogP contribution in [-0.4, -0.2) is 34.5 Å². The van der Waals surface area contributed by atoms with Gasteiger partial charge in [-0.25, -0.2) is 0 Å². The second kappa shape index (κ2) is 14.3. The molecule has 0 aromatic heterocycles. The van der Waals surface area contributed by atoms with E-state index >= 15 is 0 Å². The summed E-state index contributed by atoms with van der Waals surface area (Å²) in [4.78, 5) is 10.3. The van der Waals surface area contributed by atoms with Gasteiger partial charge in [0.25, 0.3) is 0 Å². The number of aliphatic carboxylic acids is 1. The standard InChI is InChI=1S/C22H32O4/c1-2-20-21(26-20)17-13-9-5-3-7-11-15-19(23)16-12-8-4-6-10-14-18-22(24)25/h3,6-13,15,19-21,23H,2,4-5,14,16-18H2,1H3,(H,24,25). The smallest absolute Gasteiger partial charge is 0.303 e. The molecule has 1 fully saturated rings. The summed E-state index contributed by atoms with van der Waals surface area (Å²) in [5, 5.41) is 18.3. The predicted octanol–water partition coefficient (Wildman–Crippen LogP) is 4.73. The summed E-state index contributed by atoms with van der Waals surface area (Å²) in [7, 11) is 0. The van der Waals surface area contributed by atoms with Gasteiger partial charge in [0, 0.05) is 6.42 Å². The van der Waals surface area contributed by atoms with Gasteiger partial charge >= 0.3 is 5.97 Å². The highest BCUT2D eigenvalue weighted by Crippen LogP contribution is 2.28. The number of carbonyl (C=O) groups is 1. The molecule has 0 aliphatic carbocycles. The van der Waals surface area contributed by atoms with Crippen LogP contribution in [0.3, 0.4) is 0 Å². The molecule has 0 aromatic rings. The molecule has 4 nitrogen and oxygen atoms in total. The molecule has 1 aliphatic heterocycles. The molecule has 144 valence electrons. The number of ether oxygens (including phenoxy) is 1. The van der Waals surface area contributed by atoms with Crippen molar-refractivity contribution in [2.24, 2.45) is 0 Å². The molecule has 0 amide bonds. The summed E-state index contributed by atoms with van der Waals surface area (Å²) in [5.41, 5.74) is 0. The lowest BCUT2D eigenvalue weighted by Crippen LogP contribution is -1.98. The molecule has 2 N–H and O–H groups in total. The number of hydrogen-bond acceptors (Lipinski definition) is 3. The Morgan fingerprint density at radius 2 is 1.73 bits per heavy atom. The maximum Gasteiger partial charge on any atom is 0.303 e. The molecule has 4 heteroatoms. The van der Waals surface area contributed by atoms with Crippen LogP contribution in [0, 0.1) is 0 Å². The molecule has 0 bridgehead atoms. The first-order valence-electron chi connectivity index (χ1n) is 9.47. The van der Waals surface area contributed by atoms with E-state index in [1.165, 1.54) is 0 Å². The van der Waals surface area contributed by atoms with E-state index in [4.69, 9.17) is 9.84 Å². The van der Waals surface area contributed by atoms with E-state index in [1.807, 2.05) is 36.5 Å². The SMILES string of the molecule is CCC1OC1CC=CCC=CC=CC(O)CC=CCC=CCCC(=O)O. The van der Waals surface area contributed by atoms with E-state index < -0.39 is 12.1 Å². The van der Waals surface area contributed by atoms with Crippen molar-refractivity contribution in [1.29, 1.82) is 0 Å². The highest BCUT2D eigenvalue weighted by atomic mass is 16.6. The van der Waals surface area contributed by atoms with Gasteiger partial charge in [-0.15, -0.1) is 0 Å². The Hall–Kier alpha value is -1.91. The Morgan fingerprint density at radius 1 is 1.00 bits per heavy atom. The van der Waals surface area contributed by atoms with Gasteiger partial charge in [-0.05, 0) is 38.5 Å². The lowest BCUT2D eigenvalue weighted by Gasteiger charge is -1.98. The fourth-order valence-electron chi connectivity index (χ4n) is 2.41. The molecular weight excluding hydrogens is 328 g/mol. The normalized spacial score (nSPS) is 21.8. The number of carboxylic acids is 1. The lowest BCUT2D eigenvalue weighted by molar-refractivity contribution is -0.136. The van der Waals surface area contributed by atoms with E-state index in [0.29, 0.717) is 25.0 Å². The number of carboxylic acid groups (broad SMARTS) is 1. The minimum atomic E-state index is -0.775. The third-order valence-corrected chi connectivity index (χ3v) is 3.99. The van der Waals surface area contributed by atoms with Crippen molar-refractivity contribution in [3.8, 4) is 0 Å². The Bertz CT molecular complexity index is 528. The number of hydrogen-bond donors (Lipinski definition) is 2. The van der Waals surface area contributed by atoms with Crippen LogP contribution < -0.4 is 0 Å². The van der Waals surface area contributed by atoms with Gasteiger partial charge < -0.3 is 14.9 Å². The zero-order chi connectivity index (χ0) is 19.0. The van der Waals surface area contributed by atoms with Crippen molar-refractivity contribution in [2.75, 3.05) is 0 Å². The first-order chi connectivity index (χ1) is 12.6.